The van der Waals surface area contributed by atoms with E-state index in [1.807, 2.05) is 0 Å². The number of anilines is 1. The van der Waals surface area contributed by atoms with E-state index in [0.29, 0.717) is 32.0 Å². The monoisotopic (exact) mass is 239 g/mol. The van der Waals surface area contributed by atoms with E-state index in [2.05, 4.69) is 22.9 Å². The zero-order chi connectivity index (χ0) is 11.4. The van der Waals surface area contributed by atoms with E-state index in [1.54, 1.807) is 23.4 Å². The maximum atomic E-state index is 11.8. The van der Waals surface area contributed by atoms with Gasteiger partial charge >= 0.3 is 6.03 Å². The molecule has 1 aliphatic heterocycles. The lowest BCUT2D eigenvalue weighted by molar-refractivity contribution is 0.0564. The maximum absolute atomic E-state index is 11.8. The molecule has 0 unspecified atom stereocenters. The van der Waals surface area contributed by atoms with Crippen molar-refractivity contribution >= 4 is 24.3 Å². The van der Waals surface area contributed by atoms with Gasteiger partial charge in [0, 0.05) is 24.2 Å². The van der Waals surface area contributed by atoms with Gasteiger partial charge in [0.1, 0.15) is 0 Å². The number of nitrogens with zero attached hydrogens (tertiary/aromatic N) is 2. The third kappa shape index (κ3) is 2.86. The summed E-state index contributed by atoms with van der Waals surface area (Å²) in [5, 5.41) is 2.77. The summed E-state index contributed by atoms with van der Waals surface area (Å²) in [6.45, 7) is 2.44. The summed E-state index contributed by atoms with van der Waals surface area (Å²) in [5.74, 6) is 0. The first-order valence-corrected chi connectivity index (χ1v) is 5.48. The smallest absolute Gasteiger partial charge is 0.322 e. The minimum atomic E-state index is -0.121. The number of hydrogen-bond donors (Lipinski definition) is 2. The van der Waals surface area contributed by atoms with Crippen molar-refractivity contribution in [1.82, 2.24) is 9.88 Å². The molecule has 1 aromatic rings. The molecule has 0 spiro atoms. The molecule has 0 aromatic carbocycles. The lowest BCUT2D eigenvalue weighted by Gasteiger charge is -2.26. The fraction of sp³-hybridized carbons (Fsp3) is 0.400. The average Bonchev–Trinajstić information content (AvgIpc) is 2.30. The van der Waals surface area contributed by atoms with Crippen LogP contribution in [0.1, 0.15) is 0 Å². The highest BCUT2D eigenvalue weighted by molar-refractivity contribution is 7.80. The number of pyridine rings is 1. The fourth-order valence-electron chi connectivity index (χ4n) is 1.47. The van der Waals surface area contributed by atoms with Crippen LogP contribution in [0.4, 0.5) is 10.5 Å². The number of thiol groups is 1. The second-order valence-electron chi connectivity index (χ2n) is 3.46. The summed E-state index contributed by atoms with van der Waals surface area (Å²) < 4.78 is 5.17. The quantitative estimate of drug-likeness (QED) is 0.725. The summed E-state index contributed by atoms with van der Waals surface area (Å²) in [5.41, 5.74) is 0.656. The Balaban J connectivity index is 1.96. The number of urea groups is 1. The van der Waals surface area contributed by atoms with Gasteiger partial charge in [0.2, 0.25) is 0 Å². The molecule has 1 N–H and O–H groups in total. The molecular weight excluding hydrogens is 226 g/mol. The van der Waals surface area contributed by atoms with Crippen LogP contribution >= 0.6 is 12.6 Å². The largest absolute Gasteiger partial charge is 0.378 e. The van der Waals surface area contributed by atoms with E-state index in [1.165, 1.54) is 0 Å². The van der Waals surface area contributed by atoms with Gasteiger partial charge in [-0.25, -0.2) is 4.79 Å². The topological polar surface area (TPSA) is 54.5 Å². The van der Waals surface area contributed by atoms with E-state index in [0.717, 1.165) is 4.90 Å². The second kappa shape index (κ2) is 5.18. The molecule has 5 nitrogen and oxygen atoms in total. The molecule has 1 aliphatic rings. The normalized spacial score (nSPS) is 15.9. The molecule has 86 valence electrons. The van der Waals surface area contributed by atoms with Crippen molar-refractivity contribution in [3.63, 3.8) is 0 Å². The number of morpholine rings is 1. The minimum Gasteiger partial charge on any atom is -0.378 e. The highest BCUT2D eigenvalue weighted by Gasteiger charge is 2.16. The van der Waals surface area contributed by atoms with Crippen LogP contribution in [0, 0.1) is 0 Å². The van der Waals surface area contributed by atoms with Gasteiger partial charge in [-0.15, -0.1) is 12.6 Å². The molecule has 1 fully saturated rings. The lowest BCUT2D eigenvalue weighted by atomic mass is 10.4. The lowest BCUT2D eigenvalue weighted by Crippen LogP contribution is -2.43. The zero-order valence-corrected chi connectivity index (χ0v) is 9.61. The fourth-order valence-corrected chi connectivity index (χ4v) is 1.67. The predicted octanol–water partition coefficient (Wildman–Crippen LogP) is 1.23. The molecule has 0 bridgehead atoms. The molecule has 0 aliphatic carbocycles. The van der Waals surface area contributed by atoms with E-state index < -0.39 is 0 Å². The Morgan fingerprint density at radius 2 is 2.19 bits per heavy atom. The van der Waals surface area contributed by atoms with E-state index in [-0.39, 0.29) is 6.03 Å². The highest BCUT2D eigenvalue weighted by atomic mass is 32.1. The van der Waals surface area contributed by atoms with Gasteiger partial charge in [0.25, 0.3) is 0 Å². The number of carbonyl (C=O) groups excluding carboxylic acids is 1. The molecule has 2 heterocycles. The second-order valence-corrected chi connectivity index (χ2v) is 3.98. The van der Waals surface area contributed by atoms with E-state index >= 15 is 0 Å². The van der Waals surface area contributed by atoms with Crippen molar-refractivity contribution in [3.8, 4) is 0 Å². The number of carbonyl (C=O) groups is 1. The first-order chi connectivity index (χ1) is 7.75. The average molecular weight is 239 g/mol. The summed E-state index contributed by atoms with van der Waals surface area (Å²) >= 11 is 4.16. The van der Waals surface area contributed by atoms with Crippen LogP contribution in [0.25, 0.3) is 0 Å². The highest BCUT2D eigenvalue weighted by Crippen LogP contribution is 2.12. The molecular formula is C10H13N3O2S. The summed E-state index contributed by atoms with van der Waals surface area (Å²) in [6.07, 6.45) is 3.21. The molecule has 1 saturated heterocycles. The van der Waals surface area contributed by atoms with Crippen molar-refractivity contribution in [3.05, 3.63) is 18.5 Å². The Bertz CT molecular complexity index is 380. The van der Waals surface area contributed by atoms with Crippen LogP contribution in [0.5, 0.6) is 0 Å². The molecule has 0 saturated carbocycles. The van der Waals surface area contributed by atoms with Crippen molar-refractivity contribution in [2.45, 2.75) is 4.90 Å². The number of nitrogens with one attached hydrogen (secondary N) is 1. The first kappa shape index (κ1) is 11.2. The first-order valence-electron chi connectivity index (χ1n) is 5.03. The molecule has 1 aromatic heterocycles. The van der Waals surface area contributed by atoms with Crippen LogP contribution < -0.4 is 5.32 Å². The SMILES string of the molecule is O=C(Nc1cncc(S)c1)N1CCOCC1. The van der Waals surface area contributed by atoms with Crippen LogP contribution in [-0.4, -0.2) is 42.2 Å². The summed E-state index contributed by atoms with van der Waals surface area (Å²) in [4.78, 5) is 18.2. The molecule has 0 radical (unpaired) electrons. The molecule has 0 atom stereocenters. The van der Waals surface area contributed by atoms with Gasteiger partial charge in [-0.3, -0.25) is 4.98 Å². The van der Waals surface area contributed by atoms with Gasteiger partial charge in [-0.1, -0.05) is 0 Å². The van der Waals surface area contributed by atoms with Crippen molar-refractivity contribution in [2.75, 3.05) is 31.6 Å². The predicted molar refractivity (Wildman–Crippen MR) is 62.9 cm³/mol. The number of hydrogen-bond acceptors (Lipinski definition) is 4. The molecule has 2 rings (SSSR count). The van der Waals surface area contributed by atoms with Crippen LogP contribution in [-0.2, 0) is 4.74 Å². The van der Waals surface area contributed by atoms with Crippen LogP contribution in [0.3, 0.4) is 0 Å². The Labute approximate surface area is 99.2 Å². The number of rotatable bonds is 1. The van der Waals surface area contributed by atoms with E-state index in [9.17, 15) is 4.79 Å². The number of ether oxygens (including phenoxy) is 1. The Morgan fingerprint density at radius 3 is 2.88 bits per heavy atom. The van der Waals surface area contributed by atoms with E-state index in [4.69, 9.17) is 4.74 Å². The third-order valence-corrected chi connectivity index (χ3v) is 2.52. The van der Waals surface area contributed by atoms with Gasteiger partial charge in [0.05, 0.1) is 25.1 Å². The van der Waals surface area contributed by atoms with Crippen molar-refractivity contribution in [2.24, 2.45) is 0 Å². The summed E-state index contributed by atoms with van der Waals surface area (Å²) in [6, 6.07) is 1.64. The zero-order valence-electron chi connectivity index (χ0n) is 8.72. The Hall–Kier alpha value is -1.27. The van der Waals surface area contributed by atoms with Gasteiger partial charge in [0.15, 0.2) is 0 Å². The van der Waals surface area contributed by atoms with Crippen molar-refractivity contribution in [1.29, 1.82) is 0 Å². The molecule has 16 heavy (non-hydrogen) atoms. The molecule has 2 amide bonds. The number of aromatic nitrogens is 1. The van der Waals surface area contributed by atoms with Crippen molar-refractivity contribution < 1.29 is 9.53 Å². The van der Waals surface area contributed by atoms with Crippen LogP contribution in [0.15, 0.2) is 23.4 Å². The Morgan fingerprint density at radius 1 is 1.44 bits per heavy atom. The number of amides is 2. The van der Waals surface area contributed by atoms with Gasteiger partial charge in [-0.05, 0) is 6.07 Å². The standard InChI is InChI=1S/C10H13N3O2S/c14-10(13-1-3-15-4-2-13)12-8-5-9(16)7-11-6-8/h5-7,16H,1-4H2,(H,12,14). The third-order valence-electron chi connectivity index (χ3n) is 2.27. The van der Waals surface area contributed by atoms with Gasteiger partial charge < -0.3 is 15.0 Å². The Kier molecular flexibility index (Phi) is 3.63. The van der Waals surface area contributed by atoms with Crippen LogP contribution in [0.2, 0.25) is 0 Å². The summed E-state index contributed by atoms with van der Waals surface area (Å²) in [7, 11) is 0. The maximum Gasteiger partial charge on any atom is 0.322 e. The minimum absolute atomic E-state index is 0.121. The molecule has 6 heteroatoms. The van der Waals surface area contributed by atoms with Gasteiger partial charge in [-0.2, -0.15) is 0 Å².